The summed E-state index contributed by atoms with van der Waals surface area (Å²) in [4.78, 5) is 80.7. The SMILES string of the molecule is CC(=O)Nc1ccc(CC(=O)c2cc3c(C)nn(C4CCCCC4)c3s2)cc1.CNC(=O)c1ccc(CC(=O)c2cc3c(C)nn(C4CCCCC4)c3s2)cc1.Cc1nn(C2CCCCC2)c2sc(C(=O)Cc3ccc(C(=O)N(C)C)cc3)cc12. The van der Waals surface area contributed by atoms with E-state index in [2.05, 4.69) is 24.7 Å². The van der Waals surface area contributed by atoms with Gasteiger partial charge in [-0.1, -0.05) is 94.2 Å². The van der Waals surface area contributed by atoms with Gasteiger partial charge in [0.15, 0.2) is 17.3 Å². The van der Waals surface area contributed by atoms with E-state index in [1.54, 1.807) is 84.3 Å². The van der Waals surface area contributed by atoms with Crippen molar-refractivity contribution < 1.29 is 28.8 Å². The number of Topliss-reactive ketones (excluding diaryl/α,β-unsaturated/α-hetero) is 3. The Labute approximate surface area is 509 Å². The number of ketones is 3. The van der Waals surface area contributed by atoms with Gasteiger partial charge in [0.05, 0.1) is 49.8 Å². The molecule has 3 aromatic carbocycles. The van der Waals surface area contributed by atoms with E-state index in [1.165, 1.54) is 103 Å². The lowest BCUT2D eigenvalue weighted by atomic mass is 9.96. The van der Waals surface area contributed by atoms with Crippen molar-refractivity contribution in [3.63, 3.8) is 0 Å². The number of carbonyl (C=O) groups excluding carboxylic acids is 6. The lowest BCUT2D eigenvalue weighted by Gasteiger charge is -2.22. The minimum atomic E-state index is -0.120. The Hall–Kier alpha value is -7.41. The number of hydrogen-bond acceptors (Lipinski definition) is 12. The van der Waals surface area contributed by atoms with Crippen molar-refractivity contribution in [3.05, 3.63) is 151 Å². The number of benzene rings is 3. The van der Waals surface area contributed by atoms with E-state index < -0.39 is 0 Å². The molecule has 12 rings (SSSR count). The van der Waals surface area contributed by atoms with Gasteiger partial charge >= 0.3 is 0 Å². The topological polar surface area (TPSA) is 183 Å². The number of rotatable bonds is 15. The lowest BCUT2D eigenvalue weighted by molar-refractivity contribution is -0.114. The van der Waals surface area contributed by atoms with Crippen LogP contribution in [-0.2, 0) is 24.1 Å². The maximum atomic E-state index is 12.9. The molecule has 85 heavy (non-hydrogen) atoms. The Bertz CT molecular complexity index is 3860. The molecule has 0 bridgehead atoms. The van der Waals surface area contributed by atoms with Gasteiger partial charge in [-0.3, -0.25) is 42.8 Å². The number of fused-ring (bicyclic) bond motifs is 3. The third-order valence-electron chi connectivity index (χ3n) is 16.7. The summed E-state index contributed by atoms with van der Waals surface area (Å²) < 4.78 is 6.52. The largest absolute Gasteiger partial charge is 0.355 e. The number of amides is 3. The number of aromatic nitrogens is 6. The standard InChI is InChI=1S/C23H27N3O2S.2C22H25N3O2S/c1-15-19-14-21(29-23(19)26(24-15)18-7-5-4-6-8-18)20(27)13-16-9-11-17(12-10-16)22(28)25(2)3;1-14-18-13-20(28-22(18)25(24-14)17-6-4-3-5-7-17)19(26)12-15-8-10-16(11-9-15)21(27)23-2;1-14-19-13-21(28-22(19)25(24-14)18-6-4-3-5-7-18)20(27)12-16-8-10-17(11-9-16)23-15(2)26/h9-12,14,18H,4-8,13H2,1-3H3;8-11,13,17H,3-7,12H2,1-2H3,(H,23,27);8-11,13,18H,3-7,12H2,1-2H3,(H,23,26). The quantitative estimate of drug-likeness (QED) is 0.0943. The van der Waals surface area contributed by atoms with Gasteiger partial charge in [0.2, 0.25) is 5.91 Å². The van der Waals surface area contributed by atoms with Crippen LogP contribution in [0.5, 0.6) is 0 Å². The van der Waals surface area contributed by atoms with Crippen LogP contribution in [0.15, 0.2) is 91.0 Å². The summed E-state index contributed by atoms with van der Waals surface area (Å²) in [6, 6.07) is 29.4. The summed E-state index contributed by atoms with van der Waals surface area (Å²) >= 11 is 4.70. The Morgan fingerprint density at radius 3 is 1.11 bits per heavy atom. The first-order valence-corrected chi connectivity index (χ1v) is 32.5. The minimum absolute atomic E-state index is 0.0323. The van der Waals surface area contributed by atoms with Crippen molar-refractivity contribution in [2.75, 3.05) is 26.5 Å². The van der Waals surface area contributed by atoms with Gasteiger partial charge in [0, 0.05) is 80.3 Å². The Morgan fingerprint density at radius 1 is 0.482 bits per heavy atom. The number of carbonyl (C=O) groups is 6. The predicted octanol–water partition coefficient (Wildman–Crippen LogP) is 15.0. The molecular formula is C67H77N9O6S3. The molecule has 6 heterocycles. The van der Waals surface area contributed by atoms with Crippen LogP contribution < -0.4 is 10.6 Å². The maximum absolute atomic E-state index is 12.9. The van der Waals surface area contributed by atoms with Crippen molar-refractivity contribution in [1.29, 1.82) is 0 Å². The van der Waals surface area contributed by atoms with Crippen molar-refractivity contribution >= 4 is 105 Å². The van der Waals surface area contributed by atoms with Gasteiger partial charge in [-0.25, -0.2) is 0 Å². The van der Waals surface area contributed by atoms with Gasteiger partial charge in [0.1, 0.15) is 14.5 Å². The van der Waals surface area contributed by atoms with Gasteiger partial charge in [-0.05, 0) is 131 Å². The Morgan fingerprint density at radius 2 is 0.800 bits per heavy atom. The molecule has 3 fully saturated rings. The summed E-state index contributed by atoms with van der Waals surface area (Å²) in [6.45, 7) is 7.57. The highest BCUT2D eigenvalue weighted by Gasteiger charge is 2.26. The fraction of sp³-hybridized carbons (Fsp3) is 0.418. The zero-order valence-electron chi connectivity index (χ0n) is 49.9. The molecular weight excluding hydrogens is 1120 g/mol. The molecule has 3 aliphatic carbocycles. The van der Waals surface area contributed by atoms with Crippen LogP contribution in [0.25, 0.3) is 30.6 Å². The van der Waals surface area contributed by atoms with Crippen LogP contribution in [0.4, 0.5) is 5.69 Å². The van der Waals surface area contributed by atoms with Crippen LogP contribution in [0.3, 0.4) is 0 Å². The minimum Gasteiger partial charge on any atom is -0.355 e. The average molecular weight is 1200 g/mol. The number of nitrogens with one attached hydrogen (secondary N) is 2. The normalized spacial score (nSPS) is 15.0. The van der Waals surface area contributed by atoms with Gasteiger partial charge in [-0.2, -0.15) is 15.3 Å². The molecule has 0 atom stereocenters. The fourth-order valence-electron chi connectivity index (χ4n) is 12.0. The van der Waals surface area contributed by atoms with Crippen LogP contribution in [-0.4, -0.2) is 90.5 Å². The first-order chi connectivity index (χ1) is 41.0. The van der Waals surface area contributed by atoms with Crippen molar-refractivity contribution in [2.45, 2.75) is 161 Å². The second-order valence-corrected chi connectivity index (χ2v) is 26.4. The molecule has 6 aromatic heterocycles. The van der Waals surface area contributed by atoms with Crippen LogP contribution in [0.2, 0.25) is 0 Å². The monoisotopic (exact) mass is 1200 g/mol. The smallest absolute Gasteiger partial charge is 0.253 e. The average Bonchev–Trinajstić information content (AvgIpc) is 2.55. The van der Waals surface area contributed by atoms with E-state index in [4.69, 9.17) is 15.3 Å². The van der Waals surface area contributed by atoms with Gasteiger partial charge < -0.3 is 15.5 Å². The molecule has 0 aliphatic heterocycles. The molecule has 0 saturated heterocycles. The summed E-state index contributed by atoms with van der Waals surface area (Å²) in [7, 11) is 5.08. The highest BCUT2D eigenvalue weighted by atomic mass is 32.1. The van der Waals surface area contributed by atoms with Crippen molar-refractivity contribution in [1.82, 2.24) is 39.6 Å². The fourth-order valence-corrected chi connectivity index (χ4v) is 15.5. The first kappa shape index (κ1) is 60.7. The first-order valence-electron chi connectivity index (χ1n) is 30.1. The second kappa shape index (κ2) is 27.3. The molecule has 444 valence electrons. The van der Waals surface area contributed by atoms with E-state index in [1.807, 2.05) is 87.5 Å². The molecule has 3 saturated carbocycles. The zero-order chi connectivity index (χ0) is 59.9. The van der Waals surface area contributed by atoms with E-state index >= 15 is 0 Å². The summed E-state index contributed by atoms with van der Waals surface area (Å²) in [5.41, 5.74) is 7.79. The Kier molecular flexibility index (Phi) is 19.5. The number of thiophene rings is 3. The lowest BCUT2D eigenvalue weighted by Crippen LogP contribution is -2.21. The molecule has 0 unspecified atom stereocenters. The van der Waals surface area contributed by atoms with Crippen molar-refractivity contribution in [2.24, 2.45) is 0 Å². The van der Waals surface area contributed by atoms with Crippen LogP contribution in [0, 0.1) is 20.8 Å². The van der Waals surface area contributed by atoms with E-state index in [0.29, 0.717) is 48.5 Å². The zero-order valence-corrected chi connectivity index (χ0v) is 52.4. The molecule has 18 heteroatoms. The maximum Gasteiger partial charge on any atom is 0.253 e. The predicted molar refractivity (Wildman–Crippen MR) is 343 cm³/mol. The van der Waals surface area contributed by atoms with Crippen LogP contribution in [0.1, 0.15) is 205 Å². The Balaban J connectivity index is 0.000000142. The van der Waals surface area contributed by atoms with Gasteiger partial charge in [0.25, 0.3) is 11.8 Å². The summed E-state index contributed by atoms with van der Waals surface area (Å²) in [6.07, 6.45) is 19.6. The van der Waals surface area contributed by atoms with Gasteiger partial charge in [-0.15, -0.1) is 34.0 Å². The molecule has 0 spiro atoms. The highest BCUT2D eigenvalue weighted by Crippen LogP contribution is 2.39. The van der Waals surface area contributed by atoms with E-state index in [-0.39, 0.29) is 35.1 Å². The van der Waals surface area contributed by atoms with E-state index in [9.17, 15) is 28.8 Å². The molecule has 0 radical (unpaired) electrons. The number of hydrogen-bond donors (Lipinski definition) is 2. The second-order valence-electron chi connectivity index (χ2n) is 23.3. The number of anilines is 1. The highest BCUT2D eigenvalue weighted by molar-refractivity contribution is 7.21. The molecule has 15 nitrogen and oxygen atoms in total. The third-order valence-corrected chi connectivity index (χ3v) is 20.2. The van der Waals surface area contributed by atoms with Crippen LogP contribution >= 0.6 is 34.0 Å². The molecule has 9 aromatic rings. The molecule has 3 aliphatic rings. The number of aryl methyl sites for hydroxylation is 3. The summed E-state index contributed by atoms with van der Waals surface area (Å²) in [5.74, 6) is 0.107. The molecule has 2 N–H and O–H groups in total. The number of nitrogens with zero attached hydrogens (tertiary/aromatic N) is 7. The van der Waals surface area contributed by atoms with Crippen molar-refractivity contribution in [3.8, 4) is 0 Å². The third kappa shape index (κ3) is 14.3. The van der Waals surface area contributed by atoms with E-state index in [0.717, 1.165) is 84.7 Å². The molecule has 3 amide bonds. The summed E-state index contributed by atoms with van der Waals surface area (Å²) in [5, 5.41) is 23.0.